The predicted molar refractivity (Wildman–Crippen MR) is 163 cm³/mol. The zero-order valence-corrected chi connectivity index (χ0v) is 23.9. The summed E-state index contributed by atoms with van der Waals surface area (Å²) in [5, 5.41) is 13.6. The first-order valence-electron chi connectivity index (χ1n) is 14.7. The lowest BCUT2D eigenvalue weighted by atomic mass is 9.79. The van der Waals surface area contributed by atoms with Crippen LogP contribution in [0.5, 0.6) is 11.5 Å². The molecule has 1 aliphatic carbocycles. The molecule has 9 heteroatoms. The van der Waals surface area contributed by atoms with Gasteiger partial charge in [-0.05, 0) is 85.2 Å². The monoisotopic (exact) mass is 570 g/mol. The van der Waals surface area contributed by atoms with E-state index in [1.165, 1.54) is 0 Å². The van der Waals surface area contributed by atoms with Crippen LogP contribution < -0.4 is 25.6 Å². The van der Waals surface area contributed by atoms with Crippen molar-refractivity contribution in [3.8, 4) is 22.6 Å². The second-order valence-electron chi connectivity index (χ2n) is 11.4. The summed E-state index contributed by atoms with van der Waals surface area (Å²) in [5.41, 5.74) is 10.6. The van der Waals surface area contributed by atoms with Gasteiger partial charge in [0.1, 0.15) is 11.5 Å². The molecule has 0 radical (unpaired) electrons. The van der Waals surface area contributed by atoms with E-state index >= 15 is 0 Å². The van der Waals surface area contributed by atoms with Gasteiger partial charge in [0.15, 0.2) is 6.61 Å². The molecule has 2 heterocycles. The van der Waals surface area contributed by atoms with Crippen LogP contribution in [0.3, 0.4) is 0 Å². The summed E-state index contributed by atoms with van der Waals surface area (Å²) in [4.78, 5) is 30.9. The number of nitrogens with zero attached hydrogens (tertiary/aromatic N) is 2. The lowest BCUT2D eigenvalue weighted by Crippen LogP contribution is -2.47. The molecule has 4 N–H and O–H groups in total. The Hall–Kier alpha value is -4.08. The summed E-state index contributed by atoms with van der Waals surface area (Å²) < 4.78 is 10.9. The Labute approximate surface area is 246 Å². The molecule has 2 atom stereocenters. The normalized spacial score (nSPS) is 20.1. The molecule has 2 aliphatic heterocycles. The van der Waals surface area contributed by atoms with Gasteiger partial charge in [0.25, 0.3) is 5.91 Å². The van der Waals surface area contributed by atoms with Gasteiger partial charge >= 0.3 is 0 Å². The van der Waals surface area contributed by atoms with Crippen molar-refractivity contribution in [2.24, 2.45) is 5.92 Å². The maximum atomic E-state index is 14.4. The van der Waals surface area contributed by atoms with Gasteiger partial charge in [-0.3, -0.25) is 9.59 Å². The molecule has 2 fully saturated rings. The first-order valence-corrected chi connectivity index (χ1v) is 14.7. The highest BCUT2D eigenvalue weighted by Crippen LogP contribution is 2.42. The van der Waals surface area contributed by atoms with Crippen molar-refractivity contribution in [1.29, 1.82) is 0 Å². The van der Waals surface area contributed by atoms with Crippen LogP contribution in [0.25, 0.3) is 11.1 Å². The molecule has 0 aromatic heterocycles. The van der Waals surface area contributed by atoms with Crippen molar-refractivity contribution in [2.75, 3.05) is 55.5 Å². The highest BCUT2D eigenvalue weighted by Gasteiger charge is 2.41. The largest absolute Gasteiger partial charge is 0.506 e. The number of nitrogens with two attached hydrogens (primary N) is 1. The molecule has 3 aromatic rings. The van der Waals surface area contributed by atoms with E-state index in [2.05, 4.69) is 17.4 Å². The minimum atomic E-state index is -0.249. The third-order valence-electron chi connectivity index (χ3n) is 8.52. The van der Waals surface area contributed by atoms with Gasteiger partial charge in [-0.1, -0.05) is 30.3 Å². The Bertz CT molecular complexity index is 1470. The van der Waals surface area contributed by atoms with E-state index in [1.54, 1.807) is 24.1 Å². The molecule has 1 saturated heterocycles. The number of methoxy groups -OCH3 is 1. The van der Waals surface area contributed by atoms with Gasteiger partial charge in [-0.2, -0.15) is 0 Å². The molecule has 3 aromatic carbocycles. The summed E-state index contributed by atoms with van der Waals surface area (Å²) in [7, 11) is 1.65. The van der Waals surface area contributed by atoms with Crippen LogP contribution in [0.15, 0.2) is 60.7 Å². The number of aromatic hydroxyl groups is 1. The third-order valence-corrected chi connectivity index (χ3v) is 8.52. The summed E-state index contributed by atoms with van der Waals surface area (Å²) in [5.74, 6) is 0.505. The fourth-order valence-corrected chi connectivity index (χ4v) is 6.17. The summed E-state index contributed by atoms with van der Waals surface area (Å²) in [6.07, 6.45) is 3.46. The van der Waals surface area contributed by atoms with Gasteiger partial charge in [0, 0.05) is 38.5 Å². The standard InChI is InChI=1S/C33H38N4O5/c1-41-15-3-14-36-29-18-25(9-11-31(29)42-20-32(36)39)37(24-7-8-24)33(40)27-19-35-13-12-26(27)23-5-2-4-21(16-23)22-6-10-28(34)30(38)17-22/h2,4-6,9-11,16-18,24,26-27,35,38H,3,7-8,12-15,19-20,34H2,1H3/t26-,27+/m1/s1. The number of carbonyl (C=O) groups is 2. The number of hydrogen-bond acceptors (Lipinski definition) is 7. The maximum absolute atomic E-state index is 14.4. The quantitative estimate of drug-likeness (QED) is 0.200. The number of hydrogen-bond donors (Lipinski definition) is 3. The minimum absolute atomic E-state index is 0.00900. The van der Waals surface area contributed by atoms with E-state index in [4.69, 9.17) is 15.2 Å². The summed E-state index contributed by atoms with van der Waals surface area (Å²) in [6, 6.07) is 19.4. The molecule has 1 saturated carbocycles. The Morgan fingerprint density at radius 2 is 1.95 bits per heavy atom. The van der Waals surface area contributed by atoms with Crippen LogP contribution >= 0.6 is 0 Å². The van der Waals surface area contributed by atoms with Crippen molar-refractivity contribution in [1.82, 2.24) is 5.32 Å². The third kappa shape index (κ3) is 5.67. The van der Waals surface area contributed by atoms with Crippen LogP contribution in [0.4, 0.5) is 17.1 Å². The first-order chi connectivity index (χ1) is 20.4. The Morgan fingerprint density at radius 1 is 1.12 bits per heavy atom. The first kappa shape index (κ1) is 28.1. The van der Waals surface area contributed by atoms with Crippen LogP contribution in [0.1, 0.15) is 37.2 Å². The van der Waals surface area contributed by atoms with Crippen molar-refractivity contribution in [3.05, 3.63) is 66.2 Å². The zero-order valence-electron chi connectivity index (χ0n) is 23.9. The lowest BCUT2D eigenvalue weighted by Gasteiger charge is -2.36. The van der Waals surface area contributed by atoms with Gasteiger partial charge in [-0.25, -0.2) is 0 Å². The number of carbonyl (C=O) groups excluding carboxylic acids is 2. The highest BCUT2D eigenvalue weighted by atomic mass is 16.5. The number of piperidine rings is 1. The molecular weight excluding hydrogens is 532 g/mol. The van der Waals surface area contributed by atoms with Crippen molar-refractivity contribution < 1.29 is 24.2 Å². The van der Waals surface area contributed by atoms with Gasteiger partial charge in [0.05, 0.1) is 17.3 Å². The van der Waals surface area contributed by atoms with E-state index in [0.717, 1.165) is 48.2 Å². The van der Waals surface area contributed by atoms with Gasteiger partial charge in [0.2, 0.25) is 5.91 Å². The number of ether oxygens (including phenoxy) is 2. The predicted octanol–water partition coefficient (Wildman–Crippen LogP) is 4.29. The molecule has 0 spiro atoms. The number of anilines is 3. The Morgan fingerprint density at radius 3 is 2.74 bits per heavy atom. The average Bonchev–Trinajstić information content (AvgIpc) is 3.85. The lowest BCUT2D eigenvalue weighted by molar-refractivity contribution is -0.123. The SMILES string of the molecule is COCCCN1C(=O)COc2ccc(N(C(=O)[C@H]3CNCC[C@@H]3c3cccc(-c4ccc(N)c(O)c4)c3)C3CC3)cc21. The maximum Gasteiger partial charge on any atom is 0.265 e. The average molecular weight is 571 g/mol. The number of nitrogen functional groups attached to an aromatic ring is 1. The van der Waals surface area contributed by atoms with Crippen LogP contribution in [-0.2, 0) is 14.3 Å². The molecule has 2 amide bonds. The number of rotatable bonds is 9. The molecule has 42 heavy (non-hydrogen) atoms. The fraction of sp³-hybridized carbons (Fsp3) is 0.394. The van der Waals surface area contributed by atoms with Crippen LogP contribution in [0.2, 0.25) is 0 Å². The topological polar surface area (TPSA) is 117 Å². The zero-order chi connectivity index (χ0) is 29.2. The molecule has 220 valence electrons. The van der Waals surface area contributed by atoms with Crippen molar-refractivity contribution in [3.63, 3.8) is 0 Å². The number of amides is 2. The molecular formula is C33H38N4O5. The number of nitrogens with one attached hydrogen (secondary N) is 1. The molecule has 9 nitrogen and oxygen atoms in total. The van der Waals surface area contributed by atoms with Crippen LogP contribution in [0, 0.1) is 5.92 Å². The summed E-state index contributed by atoms with van der Waals surface area (Å²) in [6.45, 7) is 2.52. The minimum Gasteiger partial charge on any atom is -0.506 e. The van der Waals surface area contributed by atoms with Crippen LogP contribution in [-0.4, -0.2) is 62.9 Å². The second-order valence-corrected chi connectivity index (χ2v) is 11.4. The molecule has 3 aliphatic rings. The Balaban J connectivity index is 1.29. The van der Waals surface area contributed by atoms with Gasteiger partial charge in [-0.15, -0.1) is 0 Å². The number of phenols is 1. The summed E-state index contributed by atoms with van der Waals surface area (Å²) >= 11 is 0. The van der Waals surface area contributed by atoms with E-state index in [1.807, 2.05) is 41.3 Å². The van der Waals surface area contributed by atoms with Crippen molar-refractivity contribution in [2.45, 2.75) is 37.6 Å². The second kappa shape index (κ2) is 12.0. The van der Waals surface area contributed by atoms with E-state index in [9.17, 15) is 14.7 Å². The van der Waals surface area contributed by atoms with E-state index in [-0.39, 0.29) is 42.0 Å². The fourth-order valence-electron chi connectivity index (χ4n) is 6.17. The van der Waals surface area contributed by atoms with E-state index < -0.39 is 0 Å². The number of benzene rings is 3. The van der Waals surface area contributed by atoms with Crippen molar-refractivity contribution >= 4 is 28.9 Å². The number of phenolic OH excluding ortho intramolecular Hbond substituents is 1. The van der Waals surface area contributed by atoms with Gasteiger partial charge < -0.3 is 35.4 Å². The highest BCUT2D eigenvalue weighted by molar-refractivity contribution is 6.01. The molecule has 0 unspecified atom stereocenters. The van der Waals surface area contributed by atoms with E-state index in [0.29, 0.717) is 43.2 Å². The molecule has 6 rings (SSSR count). The Kier molecular flexibility index (Phi) is 8.04. The smallest absolute Gasteiger partial charge is 0.265 e. The number of fused-ring (bicyclic) bond motifs is 1. The molecule has 0 bridgehead atoms.